The minimum atomic E-state index is -3.82. The van der Waals surface area contributed by atoms with Crippen LogP contribution in [0.15, 0.2) is 64.1 Å². The number of hydrazine groups is 1. The van der Waals surface area contributed by atoms with E-state index >= 15 is 0 Å². The second-order valence-electron chi connectivity index (χ2n) is 6.32. The lowest BCUT2D eigenvalue weighted by Crippen LogP contribution is -2.47. The molecule has 0 fully saturated rings. The van der Waals surface area contributed by atoms with E-state index in [1.807, 2.05) is 12.1 Å². The first-order valence-electron chi connectivity index (χ1n) is 8.61. The van der Waals surface area contributed by atoms with Crippen LogP contribution in [0.3, 0.4) is 0 Å². The molecule has 0 spiro atoms. The van der Waals surface area contributed by atoms with E-state index in [-0.39, 0.29) is 11.3 Å². The van der Waals surface area contributed by atoms with Crippen molar-refractivity contribution in [1.29, 1.82) is 0 Å². The zero-order chi connectivity index (χ0) is 19.7. The van der Waals surface area contributed by atoms with Crippen LogP contribution >= 0.6 is 0 Å². The van der Waals surface area contributed by atoms with Crippen molar-refractivity contribution < 1.29 is 22.4 Å². The maximum atomic E-state index is 12.8. The number of nitrogens with zero attached hydrogens (tertiary/aromatic N) is 1. The van der Waals surface area contributed by atoms with Gasteiger partial charge in [0.1, 0.15) is 12.3 Å². The Kier molecular flexibility index (Phi) is 4.52. The molecule has 9 heteroatoms. The van der Waals surface area contributed by atoms with Gasteiger partial charge in [-0.25, -0.2) is 8.42 Å². The maximum Gasteiger partial charge on any atom is 0.265 e. The van der Waals surface area contributed by atoms with Crippen molar-refractivity contribution in [3.05, 3.63) is 60.6 Å². The predicted molar refractivity (Wildman–Crippen MR) is 102 cm³/mol. The smallest absolute Gasteiger partial charge is 0.265 e. The summed E-state index contributed by atoms with van der Waals surface area (Å²) in [5.74, 6) is -0.380. The van der Waals surface area contributed by atoms with E-state index in [1.54, 1.807) is 30.3 Å². The summed E-state index contributed by atoms with van der Waals surface area (Å²) >= 11 is 0. The van der Waals surface area contributed by atoms with E-state index in [4.69, 9.17) is 4.42 Å². The van der Waals surface area contributed by atoms with Gasteiger partial charge in [-0.15, -0.1) is 0 Å². The molecule has 2 heterocycles. The Hall–Kier alpha value is -3.33. The third-order valence-corrected chi connectivity index (χ3v) is 6.29. The summed E-state index contributed by atoms with van der Waals surface area (Å²) in [6, 6.07) is 13.7. The Morgan fingerprint density at radius 2 is 1.71 bits per heavy atom. The molecule has 1 aliphatic heterocycles. The number of benzene rings is 2. The Bertz CT molecular complexity index is 1150. The van der Waals surface area contributed by atoms with Crippen molar-refractivity contribution in [1.82, 2.24) is 10.9 Å². The number of carbonyl (C=O) groups excluding carboxylic acids is 2. The van der Waals surface area contributed by atoms with E-state index < -0.39 is 28.4 Å². The molecule has 1 aromatic heterocycles. The Morgan fingerprint density at radius 3 is 2.46 bits per heavy atom. The molecule has 0 aliphatic carbocycles. The first kappa shape index (κ1) is 18.1. The molecular formula is C19H17N3O5S. The second-order valence-corrected chi connectivity index (χ2v) is 8.15. The van der Waals surface area contributed by atoms with Gasteiger partial charge in [-0.3, -0.25) is 24.7 Å². The van der Waals surface area contributed by atoms with Gasteiger partial charge in [0.05, 0.1) is 16.8 Å². The topological polar surface area (TPSA) is 109 Å². The van der Waals surface area contributed by atoms with Crippen molar-refractivity contribution in [2.24, 2.45) is 0 Å². The number of amides is 2. The fraction of sp³-hybridized carbons (Fsp3) is 0.158. The molecule has 144 valence electrons. The molecule has 1 aliphatic rings. The summed E-state index contributed by atoms with van der Waals surface area (Å²) in [4.78, 5) is 24.3. The molecule has 28 heavy (non-hydrogen) atoms. The van der Waals surface area contributed by atoms with Crippen molar-refractivity contribution in [3.8, 4) is 0 Å². The number of anilines is 1. The van der Waals surface area contributed by atoms with Crippen molar-refractivity contribution in [2.75, 3.05) is 10.8 Å². The highest BCUT2D eigenvalue weighted by Crippen LogP contribution is 2.41. The van der Waals surface area contributed by atoms with E-state index in [0.29, 0.717) is 23.3 Å². The summed E-state index contributed by atoms with van der Waals surface area (Å²) in [6.07, 6.45) is 2.04. The summed E-state index contributed by atoms with van der Waals surface area (Å²) in [7, 11) is -3.82. The SMILES string of the molecule is O=C(CCc1ccco1)NNC(=O)CN1c2cccc3cccc(c23)S1(=O)=O. The number of furan rings is 1. The van der Waals surface area contributed by atoms with Gasteiger partial charge in [0.25, 0.3) is 15.9 Å². The third kappa shape index (κ3) is 3.20. The summed E-state index contributed by atoms with van der Waals surface area (Å²) in [5.41, 5.74) is 5.00. The molecule has 0 radical (unpaired) electrons. The van der Waals surface area contributed by atoms with Crippen LogP contribution in [0, 0.1) is 0 Å². The van der Waals surface area contributed by atoms with Crippen LogP contribution in [0.25, 0.3) is 10.8 Å². The fourth-order valence-corrected chi connectivity index (χ4v) is 4.86. The zero-order valence-electron chi connectivity index (χ0n) is 14.7. The largest absolute Gasteiger partial charge is 0.469 e. The number of carbonyl (C=O) groups is 2. The van der Waals surface area contributed by atoms with Gasteiger partial charge in [0.2, 0.25) is 5.91 Å². The molecule has 0 bridgehead atoms. The number of aryl methyl sites for hydroxylation is 1. The van der Waals surface area contributed by atoms with E-state index in [9.17, 15) is 18.0 Å². The molecular weight excluding hydrogens is 382 g/mol. The third-order valence-electron chi connectivity index (χ3n) is 4.49. The molecule has 4 rings (SSSR count). The average molecular weight is 399 g/mol. The average Bonchev–Trinajstić information content (AvgIpc) is 3.27. The predicted octanol–water partition coefficient (Wildman–Crippen LogP) is 1.72. The number of nitrogens with one attached hydrogen (secondary N) is 2. The van der Waals surface area contributed by atoms with Gasteiger partial charge in [-0.2, -0.15) is 0 Å². The highest BCUT2D eigenvalue weighted by atomic mass is 32.2. The molecule has 0 saturated carbocycles. The van der Waals surface area contributed by atoms with Crippen LogP contribution in [0.1, 0.15) is 12.2 Å². The van der Waals surface area contributed by atoms with Gasteiger partial charge < -0.3 is 4.42 Å². The molecule has 0 atom stereocenters. The number of sulfonamides is 1. The van der Waals surface area contributed by atoms with Crippen LogP contribution in [0.2, 0.25) is 0 Å². The lowest BCUT2D eigenvalue weighted by atomic mass is 10.1. The summed E-state index contributed by atoms with van der Waals surface area (Å²) in [5, 5.41) is 1.38. The Labute approximate surface area is 161 Å². The van der Waals surface area contributed by atoms with Crippen molar-refractivity contribution in [2.45, 2.75) is 17.7 Å². The lowest BCUT2D eigenvalue weighted by Gasteiger charge is -2.18. The molecule has 3 aromatic rings. The van der Waals surface area contributed by atoms with Crippen molar-refractivity contribution >= 4 is 38.3 Å². The zero-order valence-corrected chi connectivity index (χ0v) is 15.5. The summed E-state index contributed by atoms with van der Waals surface area (Å²) in [6.45, 7) is -0.436. The van der Waals surface area contributed by atoms with Crippen LogP contribution in [0.4, 0.5) is 5.69 Å². The van der Waals surface area contributed by atoms with Gasteiger partial charge in [-0.05, 0) is 29.7 Å². The van der Waals surface area contributed by atoms with Crippen LogP contribution < -0.4 is 15.2 Å². The monoisotopic (exact) mass is 399 g/mol. The second kappa shape index (κ2) is 7.01. The van der Waals surface area contributed by atoms with Gasteiger partial charge in [0.15, 0.2) is 0 Å². The number of hydrogen-bond acceptors (Lipinski definition) is 5. The molecule has 0 saturated heterocycles. The minimum absolute atomic E-state index is 0.126. The van der Waals surface area contributed by atoms with Crippen molar-refractivity contribution in [3.63, 3.8) is 0 Å². The summed E-state index contributed by atoms with van der Waals surface area (Å²) < 4.78 is 31.8. The Morgan fingerprint density at radius 1 is 0.964 bits per heavy atom. The molecule has 0 unspecified atom stereocenters. The van der Waals surface area contributed by atoms with Gasteiger partial charge in [-0.1, -0.05) is 24.3 Å². The van der Waals surface area contributed by atoms with E-state index in [1.165, 1.54) is 12.3 Å². The minimum Gasteiger partial charge on any atom is -0.469 e. The lowest BCUT2D eigenvalue weighted by molar-refractivity contribution is -0.128. The van der Waals surface area contributed by atoms with Crippen LogP contribution in [0.5, 0.6) is 0 Å². The Balaban J connectivity index is 1.41. The standard InChI is InChI=1S/C19H17N3O5S/c23-17(10-9-14-6-3-11-27-14)20-21-18(24)12-22-15-7-1-4-13-5-2-8-16(19(13)15)28(22,25)26/h1-8,11H,9-10,12H2,(H,20,23)(H,21,24). The van der Waals surface area contributed by atoms with Crippen LogP contribution in [-0.4, -0.2) is 26.8 Å². The van der Waals surface area contributed by atoms with Gasteiger partial charge in [0, 0.05) is 18.2 Å². The quantitative estimate of drug-likeness (QED) is 0.635. The number of rotatable bonds is 5. The van der Waals surface area contributed by atoms with E-state index in [2.05, 4.69) is 10.9 Å². The highest BCUT2D eigenvalue weighted by Gasteiger charge is 2.36. The number of hydrogen-bond donors (Lipinski definition) is 2. The first-order valence-corrected chi connectivity index (χ1v) is 10.1. The normalized spacial score (nSPS) is 14.2. The molecule has 2 N–H and O–H groups in total. The molecule has 8 nitrogen and oxygen atoms in total. The van der Waals surface area contributed by atoms with Gasteiger partial charge >= 0.3 is 0 Å². The maximum absolute atomic E-state index is 12.8. The highest BCUT2D eigenvalue weighted by molar-refractivity contribution is 7.93. The van der Waals surface area contributed by atoms with E-state index in [0.717, 1.165) is 9.69 Å². The molecule has 2 amide bonds. The first-order chi connectivity index (χ1) is 13.5. The molecule has 2 aromatic carbocycles. The fourth-order valence-electron chi connectivity index (χ4n) is 3.19. The van der Waals surface area contributed by atoms with Crippen LogP contribution in [-0.2, 0) is 26.0 Å².